The number of aromatic nitrogens is 1. The predicted octanol–water partition coefficient (Wildman–Crippen LogP) is 2.52. The van der Waals surface area contributed by atoms with Gasteiger partial charge in [0.1, 0.15) is 0 Å². The molecule has 3 nitrogen and oxygen atoms in total. The summed E-state index contributed by atoms with van der Waals surface area (Å²) in [6.07, 6.45) is 4.18. The van der Waals surface area contributed by atoms with Crippen LogP contribution in [0.3, 0.4) is 0 Å². The van der Waals surface area contributed by atoms with E-state index in [4.69, 9.17) is 5.26 Å². The Morgan fingerprint density at radius 2 is 2.11 bits per heavy atom. The van der Waals surface area contributed by atoms with Crippen molar-refractivity contribution in [3.63, 3.8) is 0 Å². The lowest BCUT2D eigenvalue weighted by Crippen LogP contribution is -2.11. The van der Waals surface area contributed by atoms with Crippen LogP contribution in [0.5, 0.6) is 0 Å². The third-order valence-electron chi connectivity index (χ3n) is 2.88. The number of benzene rings is 1. The molecule has 0 aliphatic carbocycles. The van der Waals surface area contributed by atoms with Crippen LogP contribution in [0.1, 0.15) is 23.6 Å². The standard InChI is InChI=1S/C15H17N3/c1-2-17-10-13-7-8-18(11-13)12-15-6-4-3-5-14(15)9-16/h3-8,11,17H,2,10,12H2,1H3. The first-order chi connectivity index (χ1) is 8.83. The van der Waals surface area contributed by atoms with Gasteiger partial charge in [-0.2, -0.15) is 5.26 Å². The first kappa shape index (κ1) is 12.4. The minimum absolute atomic E-state index is 0.746. The fourth-order valence-corrected chi connectivity index (χ4v) is 1.93. The highest BCUT2D eigenvalue weighted by Gasteiger charge is 2.02. The minimum atomic E-state index is 0.746. The highest BCUT2D eigenvalue weighted by Crippen LogP contribution is 2.11. The molecule has 0 unspecified atom stereocenters. The summed E-state index contributed by atoms with van der Waals surface area (Å²) in [6, 6.07) is 12.1. The maximum atomic E-state index is 9.05. The zero-order valence-electron chi connectivity index (χ0n) is 10.6. The third-order valence-corrected chi connectivity index (χ3v) is 2.88. The highest BCUT2D eigenvalue weighted by atomic mass is 14.9. The molecule has 0 fully saturated rings. The van der Waals surface area contributed by atoms with Crippen molar-refractivity contribution in [2.45, 2.75) is 20.0 Å². The van der Waals surface area contributed by atoms with Crippen LogP contribution in [-0.2, 0) is 13.1 Å². The molecule has 0 bridgehead atoms. The molecule has 0 aliphatic rings. The minimum Gasteiger partial charge on any atom is -0.350 e. The van der Waals surface area contributed by atoms with Crippen molar-refractivity contribution in [2.75, 3.05) is 6.54 Å². The van der Waals surface area contributed by atoms with Crippen molar-refractivity contribution in [1.82, 2.24) is 9.88 Å². The van der Waals surface area contributed by atoms with Crippen LogP contribution in [-0.4, -0.2) is 11.1 Å². The molecule has 0 saturated heterocycles. The quantitative estimate of drug-likeness (QED) is 0.871. The Balaban J connectivity index is 2.09. The van der Waals surface area contributed by atoms with Gasteiger partial charge >= 0.3 is 0 Å². The van der Waals surface area contributed by atoms with E-state index in [0.717, 1.165) is 30.8 Å². The molecule has 1 aromatic carbocycles. The number of nitrogens with one attached hydrogen (secondary N) is 1. The van der Waals surface area contributed by atoms with Gasteiger partial charge in [0.2, 0.25) is 0 Å². The number of hydrogen-bond acceptors (Lipinski definition) is 2. The molecular formula is C15H17N3. The topological polar surface area (TPSA) is 40.8 Å². The fraction of sp³-hybridized carbons (Fsp3) is 0.267. The molecule has 0 atom stereocenters. The summed E-state index contributed by atoms with van der Waals surface area (Å²) in [4.78, 5) is 0. The summed E-state index contributed by atoms with van der Waals surface area (Å²) in [7, 11) is 0. The van der Waals surface area contributed by atoms with Crippen LogP contribution in [0.15, 0.2) is 42.7 Å². The van der Waals surface area contributed by atoms with Gasteiger partial charge in [0.15, 0.2) is 0 Å². The SMILES string of the molecule is CCNCc1ccn(Cc2ccccc2C#N)c1. The van der Waals surface area contributed by atoms with Gasteiger partial charge in [-0.15, -0.1) is 0 Å². The number of nitriles is 1. The Morgan fingerprint density at radius 3 is 2.89 bits per heavy atom. The fourth-order valence-electron chi connectivity index (χ4n) is 1.93. The zero-order valence-corrected chi connectivity index (χ0v) is 10.6. The number of nitrogens with zero attached hydrogens (tertiary/aromatic N) is 2. The molecule has 0 spiro atoms. The lowest BCUT2D eigenvalue weighted by Gasteiger charge is -2.05. The molecule has 92 valence electrons. The lowest BCUT2D eigenvalue weighted by atomic mass is 10.1. The van der Waals surface area contributed by atoms with E-state index >= 15 is 0 Å². The van der Waals surface area contributed by atoms with E-state index in [1.54, 1.807) is 0 Å². The average Bonchev–Trinajstić information content (AvgIpc) is 2.84. The van der Waals surface area contributed by atoms with Crippen LogP contribution < -0.4 is 5.32 Å². The van der Waals surface area contributed by atoms with Crippen LogP contribution in [0.25, 0.3) is 0 Å². The van der Waals surface area contributed by atoms with Gasteiger partial charge < -0.3 is 9.88 Å². The molecule has 0 saturated carbocycles. The Labute approximate surface area is 108 Å². The summed E-state index contributed by atoms with van der Waals surface area (Å²) in [5, 5.41) is 12.3. The van der Waals surface area contributed by atoms with Crippen molar-refractivity contribution in [3.05, 3.63) is 59.4 Å². The van der Waals surface area contributed by atoms with Crippen LogP contribution in [0.4, 0.5) is 0 Å². The van der Waals surface area contributed by atoms with E-state index < -0.39 is 0 Å². The normalized spacial score (nSPS) is 10.2. The second-order valence-electron chi connectivity index (χ2n) is 4.24. The smallest absolute Gasteiger partial charge is 0.0995 e. The van der Waals surface area contributed by atoms with E-state index in [-0.39, 0.29) is 0 Å². The maximum absolute atomic E-state index is 9.05. The van der Waals surface area contributed by atoms with Crippen molar-refractivity contribution in [1.29, 1.82) is 5.26 Å². The molecule has 1 aromatic heterocycles. The monoisotopic (exact) mass is 239 g/mol. The van der Waals surface area contributed by atoms with Gasteiger partial charge in [-0.05, 0) is 29.8 Å². The van der Waals surface area contributed by atoms with Crippen molar-refractivity contribution >= 4 is 0 Å². The molecule has 0 radical (unpaired) electrons. The predicted molar refractivity (Wildman–Crippen MR) is 72.1 cm³/mol. The number of hydrogen-bond donors (Lipinski definition) is 1. The number of rotatable bonds is 5. The first-order valence-corrected chi connectivity index (χ1v) is 6.17. The van der Waals surface area contributed by atoms with Gasteiger partial charge in [-0.1, -0.05) is 25.1 Å². The van der Waals surface area contributed by atoms with Gasteiger partial charge in [-0.3, -0.25) is 0 Å². The van der Waals surface area contributed by atoms with E-state index in [1.807, 2.05) is 24.3 Å². The van der Waals surface area contributed by atoms with E-state index in [1.165, 1.54) is 5.56 Å². The summed E-state index contributed by atoms with van der Waals surface area (Å²) in [5.41, 5.74) is 3.08. The molecule has 2 aromatic rings. The summed E-state index contributed by atoms with van der Waals surface area (Å²) >= 11 is 0. The molecule has 0 aliphatic heterocycles. The van der Waals surface area contributed by atoms with Gasteiger partial charge in [0.05, 0.1) is 11.6 Å². The Hall–Kier alpha value is -2.05. The second kappa shape index (κ2) is 6.04. The molecule has 0 amide bonds. The molecule has 2 rings (SSSR count). The van der Waals surface area contributed by atoms with E-state index in [9.17, 15) is 0 Å². The molecular weight excluding hydrogens is 222 g/mol. The van der Waals surface area contributed by atoms with Gasteiger partial charge in [0.25, 0.3) is 0 Å². The molecule has 3 heteroatoms. The largest absolute Gasteiger partial charge is 0.350 e. The highest BCUT2D eigenvalue weighted by molar-refractivity contribution is 5.37. The van der Waals surface area contributed by atoms with Crippen LogP contribution in [0, 0.1) is 11.3 Å². The van der Waals surface area contributed by atoms with Gasteiger partial charge in [-0.25, -0.2) is 0 Å². The average molecular weight is 239 g/mol. The van der Waals surface area contributed by atoms with Crippen LogP contribution >= 0.6 is 0 Å². The van der Waals surface area contributed by atoms with Gasteiger partial charge in [0, 0.05) is 25.5 Å². The molecule has 1 heterocycles. The third kappa shape index (κ3) is 2.99. The lowest BCUT2D eigenvalue weighted by molar-refractivity contribution is 0.721. The molecule has 1 N–H and O–H groups in total. The Kier molecular flexibility index (Phi) is 4.16. The first-order valence-electron chi connectivity index (χ1n) is 6.17. The molecule has 18 heavy (non-hydrogen) atoms. The van der Waals surface area contributed by atoms with Crippen molar-refractivity contribution in [2.24, 2.45) is 0 Å². The Morgan fingerprint density at radius 1 is 1.28 bits per heavy atom. The van der Waals surface area contributed by atoms with E-state index in [0.29, 0.717) is 0 Å². The Bertz CT molecular complexity index is 549. The maximum Gasteiger partial charge on any atom is 0.0995 e. The summed E-state index contributed by atoms with van der Waals surface area (Å²) in [6.45, 7) is 4.71. The second-order valence-corrected chi connectivity index (χ2v) is 4.24. The van der Waals surface area contributed by atoms with Crippen molar-refractivity contribution in [3.8, 4) is 6.07 Å². The van der Waals surface area contributed by atoms with E-state index in [2.05, 4.69) is 41.3 Å². The summed E-state index contributed by atoms with van der Waals surface area (Å²) in [5.74, 6) is 0. The van der Waals surface area contributed by atoms with Crippen LogP contribution in [0.2, 0.25) is 0 Å². The summed E-state index contributed by atoms with van der Waals surface area (Å²) < 4.78 is 2.11. The zero-order chi connectivity index (χ0) is 12.8. The van der Waals surface area contributed by atoms with Crippen molar-refractivity contribution < 1.29 is 0 Å².